The number of carbonyl (C=O) groups is 1. The lowest BCUT2D eigenvalue weighted by Crippen LogP contribution is -2.46. The summed E-state index contributed by atoms with van der Waals surface area (Å²) in [5, 5.41) is 10.7. The minimum absolute atomic E-state index is 0.0550. The lowest BCUT2D eigenvalue weighted by Gasteiger charge is -2.43. The molecule has 1 aliphatic heterocycles. The number of aliphatic hydroxyl groups is 1. The summed E-state index contributed by atoms with van der Waals surface area (Å²) in [4.78, 5) is 14.0. The molecule has 1 rings (SSSR count). The number of ether oxygens (including phenoxy) is 2. The van der Waals surface area contributed by atoms with Gasteiger partial charge >= 0.3 is 5.97 Å². The molecular formula is C17H33NO4. The summed E-state index contributed by atoms with van der Waals surface area (Å²) in [6.45, 7) is 7.86. The Balaban J connectivity index is 2.43. The van der Waals surface area contributed by atoms with E-state index in [2.05, 4.69) is 18.7 Å². The summed E-state index contributed by atoms with van der Waals surface area (Å²) in [6, 6.07) is 0. The van der Waals surface area contributed by atoms with Gasteiger partial charge in [0.1, 0.15) is 0 Å². The zero-order valence-electron chi connectivity index (χ0n) is 14.9. The summed E-state index contributed by atoms with van der Waals surface area (Å²) in [7, 11) is 3.98. The molecule has 1 fully saturated rings. The minimum Gasteiger partial charge on any atom is -0.466 e. The highest BCUT2D eigenvalue weighted by Crippen LogP contribution is 2.38. The van der Waals surface area contributed by atoms with E-state index in [1.807, 2.05) is 14.1 Å². The van der Waals surface area contributed by atoms with Gasteiger partial charge in [-0.1, -0.05) is 6.92 Å². The van der Waals surface area contributed by atoms with Crippen molar-refractivity contribution in [3.63, 3.8) is 0 Å². The van der Waals surface area contributed by atoms with E-state index in [4.69, 9.17) is 9.47 Å². The summed E-state index contributed by atoms with van der Waals surface area (Å²) < 4.78 is 11.1. The fourth-order valence-corrected chi connectivity index (χ4v) is 2.96. The average molecular weight is 315 g/mol. The molecule has 0 radical (unpaired) electrons. The van der Waals surface area contributed by atoms with Crippen molar-refractivity contribution in [1.82, 2.24) is 4.90 Å². The van der Waals surface area contributed by atoms with Gasteiger partial charge in [-0.25, -0.2) is 0 Å². The highest BCUT2D eigenvalue weighted by Gasteiger charge is 2.42. The van der Waals surface area contributed by atoms with Gasteiger partial charge in [-0.2, -0.15) is 0 Å². The fraction of sp³-hybridized carbons (Fsp3) is 0.941. The van der Waals surface area contributed by atoms with Crippen molar-refractivity contribution in [2.75, 3.05) is 33.9 Å². The molecule has 5 heteroatoms. The van der Waals surface area contributed by atoms with Crippen molar-refractivity contribution < 1.29 is 19.4 Å². The highest BCUT2D eigenvalue weighted by molar-refractivity contribution is 5.70. The molecule has 0 aromatic carbocycles. The maximum absolute atomic E-state index is 11.9. The van der Waals surface area contributed by atoms with Crippen molar-refractivity contribution in [2.45, 2.75) is 64.1 Å². The Morgan fingerprint density at radius 1 is 1.50 bits per heavy atom. The van der Waals surface area contributed by atoms with Crippen LogP contribution in [0.2, 0.25) is 0 Å². The maximum Gasteiger partial charge on any atom is 0.308 e. The fourth-order valence-electron chi connectivity index (χ4n) is 2.96. The Labute approximate surface area is 135 Å². The van der Waals surface area contributed by atoms with Crippen LogP contribution < -0.4 is 0 Å². The second-order valence-corrected chi connectivity index (χ2v) is 7.25. The van der Waals surface area contributed by atoms with Gasteiger partial charge in [-0.05, 0) is 59.5 Å². The van der Waals surface area contributed by atoms with E-state index in [9.17, 15) is 9.90 Å². The Morgan fingerprint density at radius 3 is 2.77 bits per heavy atom. The largest absolute Gasteiger partial charge is 0.466 e. The minimum atomic E-state index is -1.03. The first-order chi connectivity index (χ1) is 10.2. The van der Waals surface area contributed by atoms with Crippen LogP contribution in [0.4, 0.5) is 0 Å². The number of hydrogen-bond acceptors (Lipinski definition) is 5. The highest BCUT2D eigenvalue weighted by atomic mass is 16.5. The summed E-state index contributed by atoms with van der Waals surface area (Å²) in [6.07, 6.45) is 3.35. The third kappa shape index (κ3) is 6.23. The van der Waals surface area contributed by atoms with Gasteiger partial charge in [0.05, 0.1) is 24.2 Å². The zero-order valence-corrected chi connectivity index (χ0v) is 14.9. The van der Waals surface area contributed by atoms with Crippen molar-refractivity contribution in [1.29, 1.82) is 0 Å². The summed E-state index contributed by atoms with van der Waals surface area (Å²) >= 11 is 0. The predicted molar refractivity (Wildman–Crippen MR) is 86.7 cm³/mol. The number of nitrogens with zero attached hydrogens (tertiary/aromatic N) is 1. The first-order valence-electron chi connectivity index (χ1n) is 8.35. The first kappa shape index (κ1) is 19.4. The molecule has 0 bridgehead atoms. The van der Waals surface area contributed by atoms with Crippen molar-refractivity contribution >= 4 is 5.97 Å². The molecule has 0 spiro atoms. The smallest absolute Gasteiger partial charge is 0.308 e. The predicted octanol–water partition coefficient (Wildman–Crippen LogP) is 2.22. The van der Waals surface area contributed by atoms with Crippen molar-refractivity contribution in [2.24, 2.45) is 5.92 Å². The molecule has 22 heavy (non-hydrogen) atoms. The molecule has 0 aromatic heterocycles. The molecule has 0 unspecified atom stereocenters. The molecule has 0 aromatic rings. The lowest BCUT2D eigenvalue weighted by molar-refractivity contribution is -0.160. The van der Waals surface area contributed by atoms with Gasteiger partial charge in [0.2, 0.25) is 0 Å². The van der Waals surface area contributed by atoms with Gasteiger partial charge in [-0.3, -0.25) is 4.79 Å². The Hall–Kier alpha value is -0.650. The van der Waals surface area contributed by atoms with Crippen molar-refractivity contribution in [3.8, 4) is 0 Å². The van der Waals surface area contributed by atoms with Gasteiger partial charge in [-0.15, -0.1) is 0 Å². The van der Waals surface area contributed by atoms with E-state index in [1.165, 1.54) is 0 Å². The average Bonchev–Trinajstić information content (AvgIpc) is 2.43. The lowest BCUT2D eigenvalue weighted by atomic mass is 9.75. The Kier molecular flexibility index (Phi) is 7.29. The van der Waals surface area contributed by atoms with Gasteiger partial charge in [0.15, 0.2) is 0 Å². The van der Waals surface area contributed by atoms with E-state index in [0.717, 1.165) is 32.2 Å². The Bertz CT molecular complexity index is 357. The molecule has 0 aliphatic carbocycles. The van der Waals surface area contributed by atoms with E-state index in [-0.39, 0.29) is 23.9 Å². The van der Waals surface area contributed by atoms with Crippen LogP contribution in [-0.2, 0) is 14.3 Å². The van der Waals surface area contributed by atoms with E-state index in [1.54, 1.807) is 6.92 Å². The third-order valence-electron chi connectivity index (χ3n) is 4.74. The van der Waals surface area contributed by atoms with Gasteiger partial charge in [0, 0.05) is 13.2 Å². The van der Waals surface area contributed by atoms with E-state index in [0.29, 0.717) is 13.2 Å². The molecule has 5 nitrogen and oxygen atoms in total. The molecule has 1 heterocycles. The first-order valence-corrected chi connectivity index (χ1v) is 8.35. The SMILES string of the molecule is CC[C@@]1(C)C[C@@H]([C@](C)(O)CC(=O)OCCCN(C)C)CCO1. The van der Waals surface area contributed by atoms with Crippen LogP contribution in [0.15, 0.2) is 0 Å². The molecule has 0 amide bonds. The number of hydrogen-bond donors (Lipinski definition) is 1. The van der Waals surface area contributed by atoms with Crippen LogP contribution in [0.25, 0.3) is 0 Å². The summed E-state index contributed by atoms with van der Waals surface area (Å²) in [5.41, 5.74) is -1.22. The molecule has 0 saturated carbocycles. The van der Waals surface area contributed by atoms with Crippen LogP contribution >= 0.6 is 0 Å². The zero-order chi connectivity index (χ0) is 16.8. The van der Waals surface area contributed by atoms with E-state index >= 15 is 0 Å². The molecule has 130 valence electrons. The van der Waals surface area contributed by atoms with Crippen LogP contribution in [0.5, 0.6) is 0 Å². The second-order valence-electron chi connectivity index (χ2n) is 7.25. The number of esters is 1. The number of rotatable bonds is 8. The van der Waals surface area contributed by atoms with Gasteiger partial charge < -0.3 is 19.5 Å². The molecule has 1 saturated heterocycles. The molecule has 1 aliphatic rings. The normalized spacial score (nSPS) is 28.4. The standard InChI is InChI=1S/C17H33NO4/c1-6-16(2)12-14(8-11-22-16)17(3,20)13-15(19)21-10-7-9-18(4)5/h14,20H,6-13H2,1-5H3/t14-,16-,17+/m0/s1. The molecular weight excluding hydrogens is 282 g/mol. The third-order valence-corrected chi connectivity index (χ3v) is 4.74. The van der Waals surface area contributed by atoms with Crippen LogP contribution in [0.3, 0.4) is 0 Å². The second kappa shape index (κ2) is 8.27. The topological polar surface area (TPSA) is 59.0 Å². The number of carbonyl (C=O) groups excluding carboxylic acids is 1. The molecule has 3 atom stereocenters. The maximum atomic E-state index is 11.9. The monoisotopic (exact) mass is 315 g/mol. The van der Waals surface area contributed by atoms with Crippen LogP contribution in [0, 0.1) is 5.92 Å². The van der Waals surface area contributed by atoms with Crippen molar-refractivity contribution in [3.05, 3.63) is 0 Å². The molecule has 1 N–H and O–H groups in total. The Morgan fingerprint density at radius 2 is 2.18 bits per heavy atom. The van der Waals surface area contributed by atoms with E-state index < -0.39 is 5.60 Å². The van der Waals surface area contributed by atoms with Gasteiger partial charge in [0.25, 0.3) is 0 Å². The summed E-state index contributed by atoms with van der Waals surface area (Å²) in [5.74, 6) is -0.242. The van der Waals surface area contributed by atoms with Crippen LogP contribution in [-0.4, -0.2) is 61.0 Å². The quantitative estimate of drug-likeness (QED) is 0.550. The van der Waals surface area contributed by atoms with Crippen LogP contribution in [0.1, 0.15) is 52.9 Å².